The smallest absolute Gasteiger partial charge is 0.303 e. The number of anilines is 1. The molecule has 0 aliphatic heterocycles. The van der Waals surface area contributed by atoms with Gasteiger partial charge in [-0.05, 0) is 59.0 Å². The van der Waals surface area contributed by atoms with E-state index in [2.05, 4.69) is 61.5 Å². The number of rotatable bonds is 8. The molecule has 0 fully saturated rings. The van der Waals surface area contributed by atoms with Crippen LogP contribution in [0, 0.1) is 6.92 Å². The summed E-state index contributed by atoms with van der Waals surface area (Å²) >= 11 is 0. The second kappa shape index (κ2) is 9.56. The fraction of sp³-hybridized carbons (Fsp3) is 0.179. The van der Waals surface area contributed by atoms with Crippen molar-refractivity contribution in [3.05, 3.63) is 95.6 Å². The maximum atomic E-state index is 11.1. The van der Waals surface area contributed by atoms with Gasteiger partial charge in [0.2, 0.25) is 0 Å². The Morgan fingerprint density at radius 2 is 1.62 bits per heavy atom. The first-order valence-electron chi connectivity index (χ1n) is 10.8. The van der Waals surface area contributed by atoms with E-state index in [1.807, 2.05) is 24.3 Å². The summed E-state index contributed by atoms with van der Waals surface area (Å²) in [6.45, 7) is 2.57. The molecule has 0 amide bonds. The average Bonchev–Trinajstić information content (AvgIpc) is 2.79. The summed E-state index contributed by atoms with van der Waals surface area (Å²) in [6.07, 6.45) is 1.26. The largest absolute Gasteiger partial charge is 0.490 e. The van der Waals surface area contributed by atoms with Crippen molar-refractivity contribution >= 4 is 22.4 Å². The highest BCUT2D eigenvalue weighted by molar-refractivity contribution is 5.89. The minimum absolute atomic E-state index is 0.0598. The minimum atomic E-state index is -0.825. The van der Waals surface area contributed by atoms with Gasteiger partial charge in [0.1, 0.15) is 5.75 Å². The fourth-order valence-electron chi connectivity index (χ4n) is 3.87. The van der Waals surface area contributed by atoms with Crippen molar-refractivity contribution < 1.29 is 14.6 Å². The summed E-state index contributed by atoms with van der Waals surface area (Å²) in [5.74, 6) is -0.180. The number of nitrogens with two attached hydrogens (primary N) is 1. The van der Waals surface area contributed by atoms with E-state index < -0.39 is 5.97 Å². The Morgan fingerprint density at radius 3 is 2.38 bits per heavy atom. The Bertz CT molecular complexity index is 1250. The topological polar surface area (TPSA) is 72.5 Å². The molecule has 4 aromatic rings. The van der Waals surface area contributed by atoms with Gasteiger partial charge in [-0.25, -0.2) is 0 Å². The van der Waals surface area contributed by atoms with Crippen LogP contribution in [0.25, 0.3) is 21.9 Å². The number of carboxylic acid groups (broad SMARTS) is 1. The third-order valence-electron chi connectivity index (χ3n) is 5.62. The summed E-state index contributed by atoms with van der Waals surface area (Å²) in [5.41, 5.74) is 12.1. The number of aliphatic carboxylic acids is 1. The van der Waals surface area contributed by atoms with Gasteiger partial charge >= 0.3 is 5.97 Å². The molecular weight excluding hydrogens is 398 g/mol. The van der Waals surface area contributed by atoms with Gasteiger partial charge in [-0.1, -0.05) is 66.2 Å². The van der Waals surface area contributed by atoms with Crippen molar-refractivity contribution in [2.45, 2.75) is 26.2 Å². The van der Waals surface area contributed by atoms with Crippen LogP contribution in [0.5, 0.6) is 5.75 Å². The van der Waals surface area contributed by atoms with Crippen LogP contribution < -0.4 is 10.5 Å². The van der Waals surface area contributed by atoms with Crippen molar-refractivity contribution in [2.24, 2.45) is 0 Å². The first-order valence-corrected chi connectivity index (χ1v) is 10.8. The Morgan fingerprint density at radius 1 is 0.875 bits per heavy atom. The Labute approximate surface area is 188 Å². The van der Waals surface area contributed by atoms with E-state index in [1.54, 1.807) is 0 Å². The monoisotopic (exact) mass is 425 g/mol. The molecule has 4 rings (SSSR count). The number of benzene rings is 4. The van der Waals surface area contributed by atoms with Gasteiger partial charge < -0.3 is 15.6 Å². The molecule has 0 spiro atoms. The molecule has 162 valence electrons. The van der Waals surface area contributed by atoms with E-state index in [0.717, 1.165) is 33.9 Å². The number of hydrogen-bond acceptors (Lipinski definition) is 3. The van der Waals surface area contributed by atoms with Crippen LogP contribution in [0.1, 0.15) is 23.1 Å². The number of aryl methyl sites for hydroxylation is 2. The van der Waals surface area contributed by atoms with Gasteiger partial charge in [-0.2, -0.15) is 0 Å². The standard InChI is InChI=1S/C28H27NO3/c1-19-6-8-20(9-7-19)14-15-32-28-25(16-21(17-26(28)29)10-13-27(30)31)24-12-11-22-4-2-3-5-23(22)18-24/h2-9,11-12,16-18H,10,13-15,29H2,1H3,(H,30,31). The first kappa shape index (κ1) is 21.4. The molecule has 0 bridgehead atoms. The maximum Gasteiger partial charge on any atom is 0.303 e. The summed E-state index contributed by atoms with van der Waals surface area (Å²) in [4.78, 5) is 11.1. The Kier molecular flexibility index (Phi) is 6.41. The highest BCUT2D eigenvalue weighted by Crippen LogP contribution is 2.38. The predicted molar refractivity (Wildman–Crippen MR) is 130 cm³/mol. The fourth-order valence-corrected chi connectivity index (χ4v) is 3.87. The Hall–Kier alpha value is -3.79. The quantitative estimate of drug-likeness (QED) is 0.338. The van der Waals surface area contributed by atoms with Crippen molar-refractivity contribution in [3.8, 4) is 16.9 Å². The molecule has 4 nitrogen and oxygen atoms in total. The molecule has 4 aromatic carbocycles. The molecule has 0 aromatic heterocycles. The van der Waals surface area contributed by atoms with Crippen molar-refractivity contribution in [1.29, 1.82) is 0 Å². The van der Waals surface area contributed by atoms with Crippen molar-refractivity contribution in [1.82, 2.24) is 0 Å². The second-order valence-corrected chi connectivity index (χ2v) is 8.10. The molecule has 4 heteroatoms. The molecular formula is C28H27NO3. The number of carboxylic acids is 1. The van der Waals surface area contributed by atoms with Crippen LogP contribution in [-0.4, -0.2) is 17.7 Å². The van der Waals surface area contributed by atoms with Crippen molar-refractivity contribution in [3.63, 3.8) is 0 Å². The van der Waals surface area contributed by atoms with Gasteiger partial charge in [0, 0.05) is 18.4 Å². The van der Waals surface area contributed by atoms with Crippen LogP contribution >= 0.6 is 0 Å². The van der Waals surface area contributed by atoms with Gasteiger partial charge in [-0.15, -0.1) is 0 Å². The number of nitrogen functional groups attached to an aromatic ring is 1. The lowest BCUT2D eigenvalue weighted by molar-refractivity contribution is -0.136. The van der Waals surface area contributed by atoms with Gasteiger partial charge in [0.15, 0.2) is 0 Å². The zero-order valence-electron chi connectivity index (χ0n) is 18.2. The van der Waals surface area contributed by atoms with E-state index >= 15 is 0 Å². The predicted octanol–water partition coefficient (Wildman–Crippen LogP) is 6.04. The van der Waals surface area contributed by atoms with Gasteiger partial charge in [0.05, 0.1) is 12.3 Å². The molecule has 0 unspecified atom stereocenters. The number of hydrogen-bond donors (Lipinski definition) is 2. The average molecular weight is 426 g/mol. The maximum absolute atomic E-state index is 11.1. The zero-order chi connectivity index (χ0) is 22.5. The Balaban J connectivity index is 1.66. The van der Waals surface area contributed by atoms with E-state index in [-0.39, 0.29) is 6.42 Å². The molecule has 0 atom stereocenters. The lowest BCUT2D eigenvalue weighted by Gasteiger charge is -2.17. The van der Waals surface area contributed by atoms with E-state index in [1.165, 1.54) is 11.1 Å². The molecule has 0 aliphatic rings. The summed E-state index contributed by atoms with van der Waals surface area (Å²) < 4.78 is 6.21. The van der Waals surface area contributed by atoms with Crippen LogP contribution in [0.3, 0.4) is 0 Å². The molecule has 0 saturated heterocycles. The summed E-state index contributed by atoms with van der Waals surface area (Å²) in [6, 6.07) is 26.7. The number of fused-ring (bicyclic) bond motifs is 1. The summed E-state index contributed by atoms with van der Waals surface area (Å²) in [7, 11) is 0. The lowest BCUT2D eigenvalue weighted by Crippen LogP contribution is -2.06. The van der Waals surface area contributed by atoms with Gasteiger partial charge in [0.25, 0.3) is 0 Å². The highest BCUT2D eigenvalue weighted by atomic mass is 16.5. The lowest BCUT2D eigenvalue weighted by atomic mass is 9.96. The van der Waals surface area contributed by atoms with E-state index in [9.17, 15) is 4.79 Å². The zero-order valence-corrected chi connectivity index (χ0v) is 18.2. The molecule has 0 aliphatic carbocycles. The van der Waals surface area contributed by atoms with Gasteiger partial charge in [-0.3, -0.25) is 4.79 Å². The third kappa shape index (κ3) is 5.09. The van der Waals surface area contributed by atoms with E-state index in [4.69, 9.17) is 15.6 Å². The van der Waals surface area contributed by atoms with Crippen LogP contribution in [0.4, 0.5) is 5.69 Å². The molecule has 0 radical (unpaired) electrons. The van der Waals surface area contributed by atoms with Crippen LogP contribution in [-0.2, 0) is 17.6 Å². The number of ether oxygens (including phenoxy) is 1. The van der Waals surface area contributed by atoms with Crippen LogP contribution in [0.2, 0.25) is 0 Å². The SMILES string of the molecule is Cc1ccc(CCOc2c(N)cc(CCC(=O)O)cc2-c2ccc3ccccc3c2)cc1. The third-order valence-corrected chi connectivity index (χ3v) is 5.62. The first-order chi connectivity index (χ1) is 15.5. The second-order valence-electron chi connectivity index (χ2n) is 8.10. The van der Waals surface area contributed by atoms with Crippen molar-refractivity contribution in [2.75, 3.05) is 12.3 Å². The normalized spacial score (nSPS) is 10.9. The van der Waals surface area contributed by atoms with E-state index in [0.29, 0.717) is 24.5 Å². The molecule has 0 heterocycles. The molecule has 32 heavy (non-hydrogen) atoms. The highest BCUT2D eigenvalue weighted by Gasteiger charge is 2.14. The molecule has 0 saturated carbocycles. The minimum Gasteiger partial charge on any atom is -0.490 e. The number of carbonyl (C=O) groups is 1. The summed E-state index contributed by atoms with van der Waals surface area (Å²) in [5, 5.41) is 11.4. The molecule has 3 N–H and O–H groups in total. The van der Waals surface area contributed by atoms with Crippen LogP contribution in [0.15, 0.2) is 78.9 Å².